The van der Waals surface area contributed by atoms with E-state index in [4.69, 9.17) is 0 Å². The number of likely N-dealkylation sites (tertiary alicyclic amines) is 1. The number of rotatable bonds is 5. The van der Waals surface area contributed by atoms with Gasteiger partial charge in [-0.15, -0.1) is 0 Å². The van der Waals surface area contributed by atoms with E-state index in [1.807, 2.05) is 0 Å². The van der Waals surface area contributed by atoms with Gasteiger partial charge in [-0.25, -0.2) is 4.39 Å². The summed E-state index contributed by atoms with van der Waals surface area (Å²) in [5.41, 5.74) is 0.888. The van der Waals surface area contributed by atoms with Crippen LogP contribution in [0.25, 0.3) is 0 Å². The first kappa shape index (κ1) is 15.1. The predicted octanol–water partition coefficient (Wildman–Crippen LogP) is 1.96. The number of carbonyl (C=O) groups is 1. The van der Waals surface area contributed by atoms with Gasteiger partial charge in [0.15, 0.2) is 5.78 Å². The SMILES string of the molecule is CN(C)C1CCN(CC(=O)Cc2ccc(F)cc2)CC1. The number of nitrogens with zero attached hydrogens (tertiary/aromatic N) is 2. The van der Waals surface area contributed by atoms with Crippen LogP contribution in [0.4, 0.5) is 4.39 Å². The van der Waals surface area contributed by atoms with E-state index < -0.39 is 0 Å². The molecule has 1 aliphatic heterocycles. The summed E-state index contributed by atoms with van der Waals surface area (Å²) in [7, 11) is 4.22. The van der Waals surface area contributed by atoms with Crippen molar-refractivity contribution in [3.8, 4) is 0 Å². The lowest BCUT2D eigenvalue weighted by Crippen LogP contribution is -2.43. The lowest BCUT2D eigenvalue weighted by molar-refractivity contribution is -0.119. The highest BCUT2D eigenvalue weighted by molar-refractivity contribution is 5.82. The Morgan fingerprint density at radius 3 is 2.40 bits per heavy atom. The molecule has 110 valence electrons. The average Bonchev–Trinajstić information content (AvgIpc) is 2.42. The summed E-state index contributed by atoms with van der Waals surface area (Å²) in [6.45, 7) is 2.48. The summed E-state index contributed by atoms with van der Waals surface area (Å²) in [6, 6.07) is 6.83. The fraction of sp³-hybridized carbons (Fsp3) is 0.562. The molecule has 0 N–H and O–H groups in total. The molecule has 0 atom stereocenters. The van der Waals surface area contributed by atoms with Gasteiger partial charge in [0.2, 0.25) is 0 Å². The van der Waals surface area contributed by atoms with Crippen molar-refractivity contribution in [2.24, 2.45) is 0 Å². The minimum Gasteiger partial charge on any atom is -0.306 e. The van der Waals surface area contributed by atoms with Crippen molar-refractivity contribution >= 4 is 5.78 Å². The number of piperidine rings is 1. The van der Waals surface area contributed by atoms with E-state index in [9.17, 15) is 9.18 Å². The van der Waals surface area contributed by atoms with Crippen LogP contribution in [-0.4, -0.2) is 55.4 Å². The maximum atomic E-state index is 12.8. The van der Waals surface area contributed by atoms with Crippen molar-refractivity contribution < 1.29 is 9.18 Å². The zero-order valence-electron chi connectivity index (χ0n) is 12.3. The number of ketones is 1. The molecule has 1 aliphatic rings. The Balaban J connectivity index is 1.77. The molecule has 0 bridgehead atoms. The minimum absolute atomic E-state index is 0.208. The first-order valence-corrected chi connectivity index (χ1v) is 7.19. The molecular weight excluding hydrogens is 255 g/mol. The fourth-order valence-electron chi connectivity index (χ4n) is 2.73. The Hall–Kier alpha value is -1.26. The molecule has 4 heteroatoms. The number of benzene rings is 1. The van der Waals surface area contributed by atoms with Gasteiger partial charge in [0.1, 0.15) is 5.82 Å². The maximum Gasteiger partial charge on any atom is 0.151 e. The van der Waals surface area contributed by atoms with Gasteiger partial charge in [-0.3, -0.25) is 9.69 Å². The summed E-state index contributed by atoms with van der Waals surface area (Å²) in [5, 5.41) is 0. The lowest BCUT2D eigenvalue weighted by Gasteiger charge is -2.34. The smallest absolute Gasteiger partial charge is 0.151 e. The van der Waals surface area contributed by atoms with Gasteiger partial charge in [0.25, 0.3) is 0 Å². The van der Waals surface area contributed by atoms with Crippen molar-refractivity contribution in [2.75, 3.05) is 33.7 Å². The Kier molecular flexibility index (Phi) is 5.26. The Morgan fingerprint density at radius 2 is 1.85 bits per heavy atom. The second-order valence-corrected chi connectivity index (χ2v) is 5.81. The van der Waals surface area contributed by atoms with E-state index in [1.165, 1.54) is 12.1 Å². The van der Waals surface area contributed by atoms with E-state index in [2.05, 4.69) is 23.9 Å². The minimum atomic E-state index is -0.257. The molecule has 0 saturated carbocycles. The van der Waals surface area contributed by atoms with Gasteiger partial charge >= 0.3 is 0 Å². The first-order valence-electron chi connectivity index (χ1n) is 7.19. The molecule has 1 heterocycles. The maximum absolute atomic E-state index is 12.8. The van der Waals surface area contributed by atoms with Crippen LogP contribution in [0.1, 0.15) is 18.4 Å². The van der Waals surface area contributed by atoms with E-state index in [0.29, 0.717) is 19.0 Å². The van der Waals surface area contributed by atoms with Gasteiger partial charge in [-0.05, 0) is 44.6 Å². The third-order valence-corrected chi connectivity index (χ3v) is 4.00. The van der Waals surface area contributed by atoms with E-state index in [0.717, 1.165) is 31.5 Å². The highest BCUT2D eigenvalue weighted by Crippen LogP contribution is 2.14. The van der Waals surface area contributed by atoms with E-state index in [1.54, 1.807) is 12.1 Å². The average molecular weight is 278 g/mol. The quantitative estimate of drug-likeness (QED) is 0.822. The first-order chi connectivity index (χ1) is 9.54. The molecule has 0 spiro atoms. The topological polar surface area (TPSA) is 23.6 Å². The van der Waals surface area contributed by atoms with Crippen molar-refractivity contribution in [3.05, 3.63) is 35.6 Å². The normalized spacial score (nSPS) is 17.6. The number of carbonyl (C=O) groups excluding carboxylic acids is 1. The zero-order valence-corrected chi connectivity index (χ0v) is 12.3. The molecule has 3 nitrogen and oxygen atoms in total. The molecular formula is C16H23FN2O. The van der Waals surface area contributed by atoms with Crippen LogP contribution in [0.2, 0.25) is 0 Å². The summed E-state index contributed by atoms with van der Waals surface area (Å²) >= 11 is 0. The van der Waals surface area contributed by atoms with Crippen molar-refractivity contribution in [2.45, 2.75) is 25.3 Å². The van der Waals surface area contributed by atoms with Crippen molar-refractivity contribution in [1.82, 2.24) is 9.80 Å². The molecule has 0 radical (unpaired) electrons. The molecule has 0 aromatic heterocycles. The Labute approximate surface area is 120 Å². The molecule has 0 unspecified atom stereocenters. The van der Waals surface area contributed by atoms with Crippen molar-refractivity contribution in [3.63, 3.8) is 0 Å². The molecule has 1 saturated heterocycles. The monoisotopic (exact) mass is 278 g/mol. The van der Waals surface area contributed by atoms with Gasteiger partial charge in [0, 0.05) is 25.6 Å². The highest BCUT2D eigenvalue weighted by Gasteiger charge is 2.21. The lowest BCUT2D eigenvalue weighted by atomic mass is 10.0. The molecule has 1 aromatic rings. The molecule has 1 aromatic carbocycles. The van der Waals surface area contributed by atoms with Gasteiger partial charge < -0.3 is 4.90 Å². The number of Topliss-reactive ketones (excluding diaryl/α,β-unsaturated/α-hetero) is 1. The van der Waals surface area contributed by atoms with Crippen LogP contribution >= 0.6 is 0 Å². The second-order valence-electron chi connectivity index (χ2n) is 5.81. The summed E-state index contributed by atoms with van der Waals surface area (Å²) in [6.07, 6.45) is 2.64. The third kappa shape index (κ3) is 4.39. The van der Waals surface area contributed by atoms with Crippen LogP contribution < -0.4 is 0 Å². The number of hydrogen-bond donors (Lipinski definition) is 0. The van der Waals surface area contributed by atoms with Crippen LogP contribution in [0.3, 0.4) is 0 Å². The van der Waals surface area contributed by atoms with E-state index in [-0.39, 0.29) is 11.6 Å². The molecule has 0 aliphatic carbocycles. The molecule has 2 rings (SSSR count). The summed E-state index contributed by atoms with van der Waals surface area (Å²) in [5.74, 6) is -0.0492. The Morgan fingerprint density at radius 1 is 1.25 bits per heavy atom. The predicted molar refractivity (Wildman–Crippen MR) is 78.3 cm³/mol. The molecule has 20 heavy (non-hydrogen) atoms. The Bertz CT molecular complexity index is 436. The molecule has 0 amide bonds. The van der Waals surface area contributed by atoms with Crippen molar-refractivity contribution in [1.29, 1.82) is 0 Å². The third-order valence-electron chi connectivity index (χ3n) is 4.00. The van der Waals surface area contributed by atoms with Gasteiger partial charge in [-0.1, -0.05) is 12.1 Å². The molecule has 1 fully saturated rings. The summed E-state index contributed by atoms with van der Waals surface area (Å²) < 4.78 is 12.8. The standard InChI is InChI=1S/C16H23FN2O/c1-18(2)15-7-9-19(10-8-15)12-16(20)11-13-3-5-14(17)6-4-13/h3-6,15H,7-12H2,1-2H3. The van der Waals surface area contributed by atoms with Crippen LogP contribution in [0, 0.1) is 5.82 Å². The largest absolute Gasteiger partial charge is 0.306 e. The number of hydrogen-bond acceptors (Lipinski definition) is 3. The zero-order chi connectivity index (χ0) is 14.5. The fourth-order valence-corrected chi connectivity index (χ4v) is 2.73. The van der Waals surface area contributed by atoms with Crippen LogP contribution in [0.15, 0.2) is 24.3 Å². The van der Waals surface area contributed by atoms with Gasteiger partial charge in [0.05, 0.1) is 6.54 Å². The highest BCUT2D eigenvalue weighted by atomic mass is 19.1. The van der Waals surface area contributed by atoms with E-state index >= 15 is 0 Å². The summed E-state index contributed by atoms with van der Waals surface area (Å²) in [4.78, 5) is 16.5. The second kappa shape index (κ2) is 6.95. The van der Waals surface area contributed by atoms with Crippen LogP contribution in [-0.2, 0) is 11.2 Å². The van der Waals surface area contributed by atoms with Crippen LogP contribution in [0.5, 0.6) is 0 Å². The number of halogens is 1. The van der Waals surface area contributed by atoms with Gasteiger partial charge in [-0.2, -0.15) is 0 Å².